The van der Waals surface area contributed by atoms with Crippen LogP contribution in [0.15, 0.2) is 30.5 Å². The Balaban J connectivity index is 1.79. The summed E-state index contributed by atoms with van der Waals surface area (Å²) in [6.07, 6.45) is -1.38. The van der Waals surface area contributed by atoms with Crippen LogP contribution in [0.3, 0.4) is 0 Å². The van der Waals surface area contributed by atoms with E-state index in [0.29, 0.717) is 60.6 Å². The number of anilines is 3. The van der Waals surface area contributed by atoms with E-state index in [-0.39, 0.29) is 17.3 Å². The van der Waals surface area contributed by atoms with E-state index in [1.807, 2.05) is 4.90 Å². The Bertz CT molecular complexity index is 1370. The maximum absolute atomic E-state index is 14.2. The number of nitrogens with two attached hydrogens (primary N) is 1. The number of fused-ring (bicyclic) bond motifs is 1. The number of hydrogen-bond donors (Lipinski definition) is 2. The van der Waals surface area contributed by atoms with Crippen molar-refractivity contribution in [2.75, 3.05) is 56.4 Å². The minimum absolute atomic E-state index is 0.00739. The molecule has 0 atom stereocenters. The lowest BCUT2D eigenvalue weighted by molar-refractivity contribution is 0.122. The summed E-state index contributed by atoms with van der Waals surface area (Å²) in [5.74, 6) is 0.883. The van der Waals surface area contributed by atoms with Crippen molar-refractivity contribution in [2.24, 2.45) is 0 Å². The van der Waals surface area contributed by atoms with E-state index in [1.165, 1.54) is 17.9 Å². The van der Waals surface area contributed by atoms with Gasteiger partial charge in [-0.3, -0.25) is 4.57 Å². The monoisotopic (exact) mass is 483 g/mol. The molecule has 0 spiro atoms. The molecule has 1 aromatic carbocycles. The maximum Gasteiger partial charge on any atom is 0.296 e. The summed E-state index contributed by atoms with van der Waals surface area (Å²) in [5, 5.41) is 2.99. The SMILES string of the molecule is CNc1ncc(N)cc1-c1nc(N2CCOCC2)nc(-n2c(C(F)F)nc3c(OC)cccc32)n1. The van der Waals surface area contributed by atoms with Gasteiger partial charge in [0.25, 0.3) is 6.43 Å². The highest BCUT2D eigenvalue weighted by Gasteiger charge is 2.26. The van der Waals surface area contributed by atoms with Crippen LogP contribution in [0, 0.1) is 0 Å². The molecule has 1 aliphatic heterocycles. The Morgan fingerprint density at radius 1 is 1.11 bits per heavy atom. The number of halogens is 2. The molecule has 0 amide bonds. The van der Waals surface area contributed by atoms with Crippen LogP contribution < -0.4 is 20.7 Å². The number of pyridine rings is 1. The highest BCUT2D eigenvalue weighted by atomic mass is 19.3. The predicted octanol–water partition coefficient (Wildman–Crippen LogP) is 2.68. The van der Waals surface area contributed by atoms with Crippen LogP contribution in [-0.2, 0) is 4.74 Å². The third kappa shape index (κ3) is 4.14. The predicted molar refractivity (Wildman–Crippen MR) is 126 cm³/mol. The fourth-order valence-electron chi connectivity index (χ4n) is 3.94. The Morgan fingerprint density at radius 2 is 1.89 bits per heavy atom. The van der Waals surface area contributed by atoms with Gasteiger partial charge < -0.3 is 25.4 Å². The number of methoxy groups -OCH3 is 1. The van der Waals surface area contributed by atoms with Gasteiger partial charge in [-0.15, -0.1) is 0 Å². The lowest BCUT2D eigenvalue weighted by Crippen LogP contribution is -2.37. The van der Waals surface area contributed by atoms with Crippen LogP contribution in [0.4, 0.5) is 26.2 Å². The van der Waals surface area contributed by atoms with E-state index in [2.05, 4.69) is 30.2 Å². The fourth-order valence-corrected chi connectivity index (χ4v) is 3.94. The first kappa shape index (κ1) is 22.7. The summed E-state index contributed by atoms with van der Waals surface area (Å²) < 4.78 is 40.4. The number of nitrogen functional groups attached to an aromatic ring is 1. The summed E-state index contributed by atoms with van der Waals surface area (Å²) in [4.78, 5) is 24.2. The molecule has 1 aliphatic rings. The first-order valence-corrected chi connectivity index (χ1v) is 10.9. The minimum Gasteiger partial charge on any atom is -0.494 e. The van der Waals surface area contributed by atoms with Crippen LogP contribution in [0.5, 0.6) is 5.75 Å². The average Bonchev–Trinajstić information content (AvgIpc) is 3.29. The van der Waals surface area contributed by atoms with Crippen LogP contribution in [0.1, 0.15) is 12.2 Å². The van der Waals surface area contributed by atoms with Gasteiger partial charge in [-0.25, -0.2) is 18.7 Å². The van der Waals surface area contributed by atoms with Gasteiger partial charge in [0, 0.05) is 20.1 Å². The molecule has 11 nitrogen and oxygen atoms in total. The van der Waals surface area contributed by atoms with Gasteiger partial charge in [0.15, 0.2) is 11.6 Å². The maximum atomic E-state index is 14.2. The molecule has 3 aromatic heterocycles. The number of benzene rings is 1. The summed E-state index contributed by atoms with van der Waals surface area (Å²) >= 11 is 0. The Kier molecular flexibility index (Phi) is 5.99. The summed E-state index contributed by atoms with van der Waals surface area (Å²) in [6.45, 7) is 2.06. The molecule has 0 aliphatic carbocycles. The second kappa shape index (κ2) is 9.25. The van der Waals surface area contributed by atoms with Gasteiger partial charge in [0.1, 0.15) is 17.1 Å². The molecule has 0 radical (unpaired) electrons. The average molecular weight is 483 g/mol. The molecule has 3 N–H and O–H groups in total. The first-order chi connectivity index (χ1) is 17.0. The highest BCUT2D eigenvalue weighted by Crippen LogP contribution is 2.33. The molecule has 0 saturated carbocycles. The van der Waals surface area contributed by atoms with E-state index in [9.17, 15) is 8.78 Å². The first-order valence-electron chi connectivity index (χ1n) is 10.9. The van der Waals surface area contributed by atoms with E-state index in [0.717, 1.165) is 0 Å². The molecule has 13 heteroatoms. The Morgan fingerprint density at radius 3 is 2.60 bits per heavy atom. The summed E-state index contributed by atoms with van der Waals surface area (Å²) in [7, 11) is 3.16. The van der Waals surface area contributed by atoms with Crippen molar-refractivity contribution >= 4 is 28.5 Å². The van der Waals surface area contributed by atoms with Crippen LogP contribution in [0.2, 0.25) is 0 Å². The third-order valence-corrected chi connectivity index (χ3v) is 5.58. The molecular weight excluding hydrogens is 460 g/mol. The van der Waals surface area contributed by atoms with Crippen LogP contribution in [-0.4, -0.2) is 69.9 Å². The number of para-hydroxylation sites is 1. The topological polar surface area (TPSA) is 129 Å². The van der Waals surface area contributed by atoms with E-state index >= 15 is 0 Å². The molecule has 4 heterocycles. The summed E-state index contributed by atoms with van der Waals surface area (Å²) in [5.41, 5.74) is 7.55. The van der Waals surface area contributed by atoms with Gasteiger partial charge in [0.2, 0.25) is 11.9 Å². The zero-order valence-corrected chi connectivity index (χ0v) is 19.1. The van der Waals surface area contributed by atoms with Gasteiger partial charge >= 0.3 is 0 Å². The molecule has 35 heavy (non-hydrogen) atoms. The zero-order valence-electron chi connectivity index (χ0n) is 19.1. The minimum atomic E-state index is -2.89. The van der Waals surface area contributed by atoms with Crippen LogP contribution >= 0.6 is 0 Å². The number of hydrogen-bond acceptors (Lipinski definition) is 10. The molecular formula is C22H23F2N9O2. The number of ether oxygens (including phenoxy) is 2. The molecule has 1 saturated heterocycles. The normalized spacial score (nSPS) is 14.0. The van der Waals surface area contributed by atoms with Gasteiger partial charge in [0.05, 0.1) is 43.3 Å². The van der Waals surface area contributed by atoms with Crippen molar-refractivity contribution in [2.45, 2.75) is 6.43 Å². The lowest BCUT2D eigenvalue weighted by atomic mass is 10.2. The second-order valence-corrected chi connectivity index (χ2v) is 7.71. The highest BCUT2D eigenvalue weighted by molar-refractivity contribution is 5.84. The molecule has 4 aromatic rings. The Labute approximate surface area is 199 Å². The van der Waals surface area contributed by atoms with Crippen molar-refractivity contribution in [3.05, 3.63) is 36.3 Å². The summed E-state index contributed by atoms with van der Waals surface area (Å²) in [6, 6.07) is 6.69. The van der Waals surface area contributed by atoms with E-state index in [1.54, 1.807) is 31.3 Å². The fraction of sp³-hybridized carbons (Fsp3) is 0.318. The Hall–Kier alpha value is -4.13. The van der Waals surface area contributed by atoms with Crippen molar-refractivity contribution < 1.29 is 18.3 Å². The smallest absolute Gasteiger partial charge is 0.296 e. The standard InChI is InChI=1S/C22H23F2N9O2/c1-26-18-13(10-12(25)11-27-18)19-29-21(32-6-8-35-9-7-32)31-22(30-19)33-14-4-3-5-15(34-2)16(14)28-20(33)17(23)24/h3-5,10-11,17H,6-9,25H2,1-2H3,(H,26,27). The number of nitrogens with zero attached hydrogens (tertiary/aromatic N) is 7. The van der Waals surface area contributed by atoms with Gasteiger partial charge in [-0.2, -0.15) is 15.0 Å². The van der Waals surface area contributed by atoms with Gasteiger partial charge in [-0.1, -0.05) is 6.07 Å². The number of rotatable bonds is 6. The molecule has 182 valence electrons. The molecule has 0 unspecified atom stereocenters. The van der Waals surface area contributed by atoms with Crippen LogP contribution in [0.25, 0.3) is 28.4 Å². The second-order valence-electron chi connectivity index (χ2n) is 7.71. The number of aromatic nitrogens is 6. The van der Waals surface area contributed by atoms with Crippen molar-refractivity contribution in [1.29, 1.82) is 0 Å². The number of morpholine rings is 1. The number of imidazole rings is 1. The number of alkyl halides is 2. The van der Waals surface area contributed by atoms with Crippen molar-refractivity contribution in [3.8, 4) is 23.1 Å². The lowest BCUT2D eigenvalue weighted by Gasteiger charge is -2.27. The third-order valence-electron chi connectivity index (χ3n) is 5.58. The quantitative estimate of drug-likeness (QED) is 0.422. The largest absolute Gasteiger partial charge is 0.494 e. The molecule has 0 bridgehead atoms. The van der Waals surface area contributed by atoms with E-state index < -0.39 is 12.2 Å². The zero-order chi connectivity index (χ0) is 24.5. The molecule has 5 rings (SSSR count). The van der Waals surface area contributed by atoms with Gasteiger partial charge in [-0.05, 0) is 18.2 Å². The molecule has 1 fully saturated rings. The van der Waals surface area contributed by atoms with Crippen molar-refractivity contribution in [3.63, 3.8) is 0 Å². The number of nitrogens with one attached hydrogen (secondary N) is 1. The van der Waals surface area contributed by atoms with Crippen molar-refractivity contribution in [1.82, 2.24) is 29.5 Å². The van der Waals surface area contributed by atoms with E-state index in [4.69, 9.17) is 15.2 Å².